The summed E-state index contributed by atoms with van der Waals surface area (Å²) in [6, 6.07) is 0. The van der Waals surface area contributed by atoms with Crippen molar-refractivity contribution in [3.63, 3.8) is 0 Å². The first kappa shape index (κ1) is 11.3. The van der Waals surface area contributed by atoms with Gasteiger partial charge in [0.2, 0.25) is 0 Å². The molecule has 15 heavy (non-hydrogen) atoms. The summed E-state index contributed by atoms with van der Waals surface area (Å²) in [6.07, 6.45) is 5.59. The molecule has 0 aromatic carbocycles. The Morgan fingerprint density at radius 2 is 2.20 bits per heavy atom. The predicted octanol–water partition coefficient (Wildman–Crippen LogP) is 2.90. The maximum atomic E-state index is 4.57. The number of aliphatic imine (C=N–C) groups is 1. The van der Waals surface area contributed by atoms with Gasteiger partial charge in [-0.1, -0.05) is 38.5 Å². The molecule has 0 aromatic heterocycles. The molecule has 1 fully saturated rings. The highest BCUT2D eigenvalue weighted by atomic mass is 32.2. The molecule has 2 aliphatic rings. The summed E-state index contributed by atoms with van der Waals surface area (Å²) in [4.78, 5) is 4.57. The van der Waals surface area contributed by atoms with E-state index in [0.29, 0.717) is 5.41 Å². The fourth-order valence-corrected chi connectivity index (χ4v) is 3.25. The molecule has 0 bridgehead atoms. The standard InChI is InChI=1S/C12H22N2S/c1-10-7-13-11(15-8-10)14-9-12(2)5-3-4-6-12/h10H,3-9H2,1-2H3,(H,13,14). The molecular weight excluding hydrogens is 204 g/mol. The van der Waals surface area contributed by atoms with Gasteiger partial charge in [0, 0.05) is 18.8 Å². The molecule has 0 aromatic rings. The summed E-state index contributed by atoms with van der Waals surface area (Å²) >= 11 is 1.89. The second-order valence-electron chi connectivity index (χ2n) is 5.43. The summed E-state index contributed by atoms with van der Waals surface area (Å²) in [6.45, 7) is 6.80. The van der Waals surface area contributed by atoms with Crippen molar-refractivity contribution < 1.29 is 0 Å². The Morgan fingerprint density at radius 3 is 2.80 bits per heavy atom. The molecule has 0 spiro atoms. The van der Waals surface area contributed by atoms with Gasteiger partial charge in [0.15, 0.2) is 5.17 Å². The van der Waals surface area contributed by atoms with Crippen molar-refractivity contribution in [3.05, 3.63) is 0 Å². The average molecular weight is 226 g/mol. The van der Waals surface area contributed by atoms with Crippen molar-refractivity contribution in [1.29, 1.82) is 0 Å². The van der Waals surface area contributed by atoms with Crippen LogP contribution < -0.4 is 5.32 Å². The molecule has 1 atom stereocenters. The zero-order valence-corrected chi connectivity index (χ0v) is 10.7. The van der Waals surface area contributed by atoms with Crippen LogP contribution >= 0.6 is 11.8 Å². The molecule has 0 amide bonds. The van der Waals surface area contributed by atoms with Gasteiger partial charge in [-0.15, -0.1) is 0 Å². The summed E-state index contributed by atoms with van der Waals surface area (Å²) in [5.41, 5.74) is 0.534. The Balaban J connectivity index is 1.78. The number of hydrogen-bond donors (Lipinski definition) is 1. The minimum absolute atomic E-state index is 0.534. The van der Waals surface area contributed by atoms with E-state index in [1.165, 1.54) is 36.6 Å². The monoisotopic (exact) mass is 226 g/mol. The van der Waals surface area contributed by atoms with Gasteiger partial charge < -0.3 is 5.32 Å². The first-order chi connectivity index (χ1) is 7.18. The van der Waals surface area contributed by atoms with Gasteiger partial charge in [0.25, 0.3) is 0 Å². The maximum Gasteiger partial charge on any atom is 0.156 e. The lowest BCUT2D eigenvalue weighted by atomic mass is 9.89. The van der Waals surface area contributed by atoms with Crippen molar-refractivity contribution in [2.75, 3.05) is 18.8 Å². The lowest BCUT2D eigenvalue weighted by Crippen LogP contribution is -2.34. The summed E-state index contributed by atoms with van der Waals surface area (Å²) in [7, 11) is 0. The van der Waals surface area contributed by atoms with E-state index in [0.717, 1.165) is 19.0 Å². The van der Waals surface area contributed by atoms with Gasteiger partial charge in [-0.25, -0.2) is 0 Å². The van der Waals surface area contributed by atoms with Crippen LogP contribution in [-0.2, 0) is 0 Å². The third kappa shape index (κ3) is 3.13. The highest BCUT2D eigenvalue weighted by Gasteiger charge is 2.28. The van der Waals surface area contributed by atoms with Crippen LogP contribution in [0.4, 0.5) is 0 Å². The van der Waals surface area contributed by atoms with E-state index in [9.17, 15) is 0 Å². The normalized spacial score (nSPS) is 30.0. The molecule has 1 aliphatic heterocycles. The van der Waals surface area contributed by atoms with Crippen LogP contribution in [0.5, 0.6) is 0 Å². The van der Waals surface area contributed by atoms with Crippen molar-refractivity contribution >= 4 is 16.9 Å². The van der Waals surface area contributed by atoms with Gasteiger partial charge >= 0.3 is 0 Å². The summed E-state index contributed by atoms with van der Waals surface area (Å²) < 4.78 is 0. The highest BCUT2D eigenvalue weighted by molar-refractivity contribution is 8.13. The van der Waals surface area contributed by atoms with Crippen molar-refractivity contribution in [1.82, 2.24) is 5.32 Å². The minimum atomic E-state index is 0.534. The maximum absolute atomic E-state index is 4.57. The number of nitrogens with zero attached hydrogens (tertiary/aromatic N) is 1. The number of amidine groups is 1. The Kier molecular flexibility index (Phi) is 3.60. The number of rotatable bonds is 2. The van der Waals surface area contributed by atoms with Gasteiger partial charge in [0.1, 0.15) is 0 Å². The molecule has 0 radical (unpaired) electrons. The molecule has 1 aliphatic carbocycles. The molecule has 1 unspecified atom stereocenters. The quantitative estimate of drug-likeness (QED) is 0.783. The Morgan fingerprint density at radius 1 is 1.47 bits per heavy atom. The second-order valence-corrected chi connectivity index (χ2v) is 6.44. The molecule has 1 N–H and O–H groups in total. The predicted molar refractivity (Wildman–Crippen MR) is 68.5 cm³/mol. The molecule has 1 saturated carbocycles. The van der Waals surface area contributed by atoms with E-state index in [1.54, 1.807) is 0 Å². The molecule has 1 heterocycles. The number of nitrogens with one attached hydrogen (secondary N) is 1. The molecule has 86 valence electrons. The zero-order chi connectivity index (χ0) is 10.7. The first-order valence-corrected chi connectivity index (χ1v) is 7.08. The van der Waals surface area contributed by atoms with Crippen LogP contribution in [0.15, 0.2) is 4.99 Å². The van der Waals surface area contributed by atoms with Gasteiger partial charge in [-0.3, -0.25) is 4.99 Å². The number of hydrogen-bond acceptors (Lipinski definition) is 3. The summed E-state index contributed by atoms with van der Waals surface area (Å²) in [5, 5.41) is 4.72. The SMILES string of the molecule is CC1CN=C(NCC2(C)CCCC2)SC1. The van der Waals surface area contributed by atoms with Crippen LogP contribution in [0.1, 0.15) is 39.5 Å². The van der Waals surface area contributed by atoms with Gasteiger partial charge in [0.05, 0.1) is 0 Å². The smallest absolute Gasteiger partial charge is 0.156 e. The highest BCUT2D eigenvalue weighted by Crippen LogP contribution is 2.36. The van der Waals surface area contributed by atoms with Crippen LogP contribution in [0, 0.1) is 11.3 Å². The third-order valence-corrected chi connectivity index (χ3v) is 4.81. The Labute approximate surface area is 97.3 Å². The topological polar surface area (TPSA) is 24.4 Å². The molecule has 3 heteroatoms. The van der Waals surface area contributed by atoms with Crippen molar-refractivity contribution in [3.8, 4) is 0 Å². The fourth-order valence-electron chi connectivity index (χ4n) is 2.36. The Bertz CT molecular complexity index is 244. The lowest BCUT2D eigenvalue weighted by Gasteiger charge is -2.26. The van der Waals surface area contributed by atoms with Crippen LogP contribution in [0.2, 0.25) is 0 Å². The molecule has 2 rings (SSSR count). The average Bonchev–Trinajstić information content (AvgIpc) is 2.65. The Hall–Kier alpha value is -0.180. The van der Waals surface area contributed by atoms with Crippen molar-refractivity contribution in [2.45, 2.75) is 39.5 Å². The number of thioether (sulfide) groups is 1. The minimum Gasteiger partial charge on any atom is -0.364 e. The molecule has 2 nitrogen and oxygen atoms in total. The fraction of sp³-hybridized carbons (Fsp3) is 0.917. The van der Waals surface area contributed by atoms with E-state index in [4.69, 9.17) is 0 Å². The van der Waals surface area contributed by atoms with Gasteiger partial charge in [-0.05, 0) is 24.2 Å². The molecular formula is C12H22N2S. The van der Waals surface area contributed by atoms with Crippen LogP contribution in [0.25, 0.3) is 0 Å². The second kappa shape index (κ2) is 4.77. The van der Waals surface area contributed by atoms with E-state index < -0.39 is 0 Å². The molecule has 0 saturated heterocycles. The van der Waals surface area contributed by atoms with E-state index in [-0.39, 0.29) is 0 Å². The first-order valence-electron chi connectivity index (χ1n) is 6.09. The largest absolute Gasteiger partial charge is 0.364 e. The summed E-state index contributed by atoms with van der Waals surface area (Å²) in [5.74, 6) is 1.98. The van der Waals surface area contributed by atoms with Gasteiger partial charge in [-0.2, -0.15) is 0 Å². The van der Waals surface area contributed by atoms with E-state index in [2.05, 4.69) is 24.2 Å². The van der Waals surface area contributed by atoms with Crippen LogP contribution in [0.3, 0.4) is 0 Å². The lowest BCUT2D eigenvalue weighted by molar-refractivity contribution is 0.336. The third-order valence-electron chi connectivity index (χ3n) is 3.53. The zero-order valence-electron chi connectivity index (χ0n) is 9.88. The van der Waals surface area contributed by atoms with Crippen LogP contribution in [-0.4, -0.2) is 24.0 Å². The van der Waals surface area contributed by atoms with E-state index in [1.807, 2.05) is 11.8 Å². The van der Waals surface area contributed by atoms with E-state index >= 15 is 0 Å². The van der Waals surface area contributed by atoms with Crippen molar-refractivity contribution in [2.24, 2.45) is 16.3 Å².